The van der Waals surface area contributed by atoms with Crippen molar-refractivity contribution in [3.05, 3.63) is 57.7 Å². The van der Waals surface area contributed by atoms with Crippen LogP contribution in [0.25, 0.3) is 10.2 Å². The van der Waals surface area contributed by atoms with Crippen molar-refractivity contribution in [2.45, 2.75) is 31.4 Å². The second kappa shape index (κ2) is 5.72. The van der Waals surface area contributed by atoms with Gasteiger partial charge < -0.3 is 9.84 Å². The van der Waals surface area contributed by atoms with Crippen molar-refractivity contribution in [3.63, 3.8) is 0 Å². The number of rotatable bonds is 5. The maximum atomic E-state index is 12.7. The Bertz CT molecular complexity index is 926. The predicted molar refractivity (Wildman–Crippen MR) is 93.7 cm³/mol. The standard InChI is InChI=1S/C18H18N2O3S/c1-18(22,12-5-3-2-4-6-12)11-23-17-19-15-14(9-10-24-15)16(21)20(17)13-7-8-13/h2-6,9-10,13,22H,7-8,11H2,1H3. The van der Waals surface area contributed by atoms with Gasteiger partial charge >= 0.3 is 6.01 Å². The average molecular weight is 342 g/mol. The van der Waals surface area contributed by atoms with E-state index in [-0.39, 0.29) is 18.2 Å². The fourth-order valence-corrected chi connectivity index (χ4v) is 3.50. The van der Waals surface area contributed by atoms with Crippen LogP contribution in [0.2, 0.25) is 0 Å². The second-order valence-electron chi connectivity index (χ2n) is 6.37. The van der Waals surface area contributed by atoms with Gasteiger partial charge in [-0.1, -0.05) is 30.3 Å². The number of hydrogen-bond donors (Lipinski definition) is 1. The number of fused-ring (bicyclic) bond motifs is 1. The summed E-state index contributed by atoms with van der Waals surface area (Å²) in [6.07, 6.45) is 1.92. The third-order valence-corrected chi connectivity index (χ3v) is 5.09. The van der Waals surface area contributed by atoms with E-state index >= 15 is 0 Å². The first-order valence-corrected chi connectivity index (χ1v) is 8.85. The summed E-state index contributed by atoms with van der Waals surface area (Å²) in [6, 6.07) is 11.6. The van der Waals surface area contributed by atoms with E-state index in [2.05, 4.69) is 4.98 Å². The number of aromatic nitrogens is 2. The van der Waals surface area contributed by atoms with Crippen molar-refractivity contribution < 1.29 is 9.84 Å². The summed E-state index contributed by atoms with van der Waals surface area (Å²) in [7, 11) is 0. The smallest absolute Gasteiger partial charge is 0.300 e. The first-order valence-electron chi connectivity index (χ1n) is 7.97. The SMILES string of the molecule is CC(O)(COc1nc2sccc2c(=O)n1C1CC1)c1ccccc1. The molecule has 5 nitrogen and oxygen atoms in total. The summed E-state index contributed by atoms with van der Waals surface area (Å²) in [4.78, 5) is 17.8. The molecule has 1 aliphatic carbocycles. The van der Waals surface area contributed by atoms with Gasteiger partial charge in [0.25, 0.3) is 5.56 Å². The molecule has 1 aliphatic rings. The van der Waals surface area contributed by atoms with Crippen LogP contribution in [0, 0.1) is 0 Å². The monoisotopic (exact) mass is 342 g/mol. The molecule has 1 fully saturated rings. The van der Waals surface area contributed by atoms with Crippen molar-refractivity contribution in [3.8, 4) is 6.01 Å². The van der Waals surface area contributed by atoms with Gasteiger partial charge in [0.15, 0.2) is 0 Å². The molecule has 0 bridgehead atoms. The summed E-state index contributed by atoms with van der Waals surface area (Å²) < 4.78 is 7.46. The summed E-state index contributed by atoms with van der Waals surface area (Å²) in [6.45, 7) is 1.73. The molecule has 0 aliphatic heterocycles. The Balaban J connectivity index is 1.67. The first kappa shape index (κ1) is 15.4. The normalized spacial score (nSPS) is 16.9. The Morgan fingerprint density at radius 1 is 1.33 bits per heavy atom. The molecule has 3 aromatic rings. The molecule has 0 radical (unpaired) electrons. The van der Waals surface area contributed by atoms with Crippen molar-refractivity contribution in [1.82, 2.24) is 9.55 Å². The van der Waals surface area contributed by atoms with Crippen molar-refractivity contribution in [2.24, 2.45) is 0 Å². The molecule has 6 heteroatoms. The maximum absolute atomic E-state index is 12.7. The third kappa shape index (κ3) is 2.72. The van der Waals surface area contributed by atoms with Crippen molar-refractivity contribution >= 4 is 21.6 Å². The van der Waals surface area contributed by atoms with Gasteiger partial charge in [0, 0.05) is 6.04 Å². The highest BCUT2D eigenvalue weighted by atomic mass is 32.1. The zero-order chi connectivity index (χ0) is 16.7. The highest BCUT2D eigenvalue weighted by molar-refractivity contribution is 7.16. The Kier molecular flexibility index (Phi) is 3.66. The van der Waals surface area contributed by atoms with E-state index in [1.165, 1.54) is 11.3 Å². The maximum Gasteiger partial charge on any atom is 0.300 e. The van der Waals surface area contributed by atoms with E-state index in [1.807, 2.05) is 35.7 Å². The van der Waals surface area contributed by atoms with E-state index in [0.717, 1.165) is 18.4 Å². The van der Waals surface area contributed by atoms with E-state index in [4.69, 9.17) is 4.74 Å². The number of aliphatic hydroxyl groups is 1. The van der Waals surface area contributed by atoms with Crippen molar-refractivity contribution in [2.75, 3.05) is 6.61 Å². The molecule has 1 N–H and O–H groups in total. The largest absolute Gasteiger partial charge is 0.461 e. The summed E-state index contributed by atoms with van der Waals surface area (Å²) in [5.74, 6) is 0. The zero-order valence-electron chi connectivity index (χ0n) is 13.3. The molecule has 1 aromatic carbocycles. The minimum Gasteiger partial charge on any atom is -0.461 e. The molecule has 2 heterocycles. The fraction of sp³-hybridized carbons (Fsp3) is 0.333. The van der Waals surface area contributed by atoms with Gasteiger partial charge in [0.05, 0.1) is 5.39 Å². The van der Waals surface area contributed by atoms with E-state index in [9.17, 15) is 9.90 Å². The van der Waals surface area contributed by atoms with E-state index in [0.29, 0.717) is 16.2 Å². The molecule has 1 saturated carbocycles. The molecule has 2 aromatic heterocycles. The minimum absolute atomic E-state index is 0.0348. The van der Waals surface area contributed by atoms with Gasteiger partial charge in [-0.25, -0.2) is 0 Å². The van der Waals surface area contributed by atoms with Gasteiger partial charge in [-0.15, -0.1) is 11.3 Å². The molecule has 1 unspecified atom stereocenters. The summed E-state index contributed by atoms with van der Waals surface area (Å²) in [5, 5.41) is 13.2. The van der Waals surface area contributed by atoms with Crippen LogP contribution in [0.1, 0.15) is 31.4 Å². The number of nitrogens with zero attached hydrogens (tertiary/aromatic N) is 2. The molecule has 1 atom stereocenters. The lowest BCUT2D eigenvalue weighted by atomic mass is 9.97. The molecule has 124 valence electrons. The van der Waals surface area contributed by atoms with E-state index in [1.54, 1.807) is 17.6 Å². The minimum atomic E-state index is -1.15. The molecule has 4 rings (SSSR count). The molecular formula is C18H18N2O3S. The molecule has 0 spiro atoms. The second-order valence-corrected chi connectivity index (χ2v) is 7.26. The first-order chi connectivity index (χ1) is 11.6. The van der Waals surface area contributed by atoms with Crippen LogP contribution in [0.5, 0.6) is 6.01 Å². The molecule has 24 heavy (non-hydrogen) atoms. The Morgan fingerprint density at radius 2 is 2.08 bits per heavy atom. The molecule has 0 amide bonds. The Morgan fingerprint density at radius 3 is 2.79 bits per heavy atom. The Labute approximate surface area is 143 Å². The lowest BCUT2D eigenvalue weighted by molar-refractivity contribution is 0.00280. The zero-order valence-corrected chi connectivity index (χ0v) is 14.1. The van der Waals surface area contributed by atoms with Crippen LogP contribution in [-0.4, -0.2) is 21.3 Å². The van der Waals surface area contributed by atoms with Crippen LogP contribution in [0.15, 0.2) is 46.6 Å². The number of thiophene rings is 1. The highest BCUT2D eigenvalue weighted by Crippen LogP contribution is 2.37. The van der Waals surface area contributed by atoms with Crippen molar-refractivity contribution in [1.29, 1.82) is 0 Å². The quantitative estimate of drug-likeness (QED) is 0.774. The number of benzene rings is 1. The number of hydrogen-bond acceptors (Lipinski definition) is 5. The van der Waals surface area contributed by atoms with Crippen LogP contribution >= 0.6 is 11.3 Å². The summed E-state index contributed by atoms with van der Waals surface area (Å²) in [5.41, 5.74) is -0.446. The van der Waals surface area contributed by atoms with Gasteiger partial charge in [-0.3, -0.25) is 9.36 Å². The molecule has 0 saturated heterocycles. The average Bonchev–Trinajstić information content (AvgIpc) is 3.30. The number of ether oxygens (including phenoxy) is 1. The third-order valence-electron chi connectivity index (χ3n) is 4.29. The summed E-state index contributed by atoms with van der Waals surface area (Å²) >= 11 is 1.42. The van der Waals surface area contributed by atoms with Crippen LogP contribution < -0.4 is 10.3 Å². The van der Waals surface area contributed by atoms with Gasteiger partial charge in [0.2, 0.25) is 0 Å². The highest BCUT2D eigenvalue weighted by Gasteiger charge is 2.31. The van der Waals surface area contributed by atoms with Gasteiger partial charge in [0.1, 0.15) is 17.0 Å². The lowest BCUT2D eigenvalue weighted by Gasteiger charge is -2.24. The topological polar surface area (TPSA) is 64.3 Å². The van der Waals surface area contributed by atoms with Crippen LogP contribution in [0.4, 0.5) is 0 Å². The lowest BCUT2D eigenvalue weighted by Crippen LogP contribution is -2.31. The molecular weight excluding hydrogens is 324 g/mol. The van der Waals surface area contributed by atoms with Crippen LogP contribution in [0.3, 0.4) is 0 Å². The van der Waals surface area contributed by atoms with E-state index < -0.39 is 5.60 Å². The van der Waals surface area contributed by atoms with Gasteiger partial charge in [-0.2, -0.15) is 4.98 Å². The predicted octanol–water partition coefficient (Wildman–Crippen LogP) is 3.08. The van der Waals surface area contributed by atoms with Gasteiger partial charge in [-0.05, 0) is 36.8 Å². The fourth-order valence-electron chi connectivity index (χ4n) is 2.75. The Hall–Kier alpha value is -2.18. The van der Waals surface area contributed by atoms with Crippen LogP contribution in [-0.2, 0) is 5.60 Å².